The number of ketones is 1. The van der Waals surface area contributed by atoms with E-state index in [9.17, 15) is 4.79 Å². The number of ether oxygens (including phenoxy) is 1. The van der Waals surface area contributed by atoms with Gasteiger partial charge >= 0.3 is 0 Å². The van der Waals surface area contributed by atoms with Gasteiger partial charge in [-0.25, -0.2) is 0 Å². The van der Waals surface area contributed by atoms with Crippen molar-refractivity contribution in [3.8, 4) is 0 Å². The quantitative estimate of drug-likeness (QED) is 0.563. The second-order valence-electron chi connectivity index (χ2n) is 4.24. The van der Waals surface area contributed by atoms with E-state index in [0.717, 1.165) is 14.9 Å². The van der Waals surface area contributed by atoms with Crippen molar-refractivity contribution >= 4 is 33.5 Å². The van der Waals surface area contributed by atoms with Crippen molar-refractivity contribution in [2.45, 2.75) is 11.5 Å². The molecule has 0 radical (unpaired) electrons. The molecule has 0 unspecified atom stereocenters. The summed E-state index contributed by atoms with van der Waals surface area (Å²) in [4.78, 5) is 13.1. The largest absolute Gasteiger partial charge is 0.369 e. The number of rotatable bonds is 6. The Kier molecular flexibility index (Phi) is 5.83. The highest BCUT2D eigenvalue weighted by Gasteiger charge is 2.06. The zero-order valence-corrected chi connectivity index (χ0v) is 13.5. The average Bonchev–Trinajstić information content (AvgIpc) is 2.49. The molecule has 0 aromatic heterocycles. The number of halogens is 1. The topological polar surface area (TPSA) is 26.3 Å². The SMILES string of the molecule is CSc1ccc(C(=O)COCc2ccccc2Br)cc1. The second kappa shape index (κ2) is 7.62. The first-order chi connectivity index (χ1) is 9.70. The predicted molar refractivity (Wildman–Crippen MR) is 86.4 cm³/mol. The molecule has 2 rings (SSSR count). The van der Waals surface area contributed by atoms with E-state index in [1.54, 1.807) is 11.8 Å². The summed E-state index contributed by atoms with van der Waals surface area (Å²) in [6.07, 6.45) is 2.01. The minimum absolute atomic E-state index is 0.00436. The van der Waals surface area contributed by atoms with Crippen LogP contribution < -0.4 is 0 Å². The van der Waals surface area contributed by atoms with E-state index in [4.69, 9.17) is 4.74 Å². The highest BCUT2D eigenvalue weighted by Crippen LogP contribution is 2.17. The van der Waals surface area contributed by atoms with Crippen LogP contribution in [0.1, 0.15) is 15.9 Å². The third kappa shape index (κ3) is 4.20. The van der Waals surface area contributed by atoms with Gasteiger partial charge in [-0.2, -0.15) is 0 Å². The minimum atomic E-state index is 0.00436. The van der Waals surface area contributed by atoms with Gasteiger partial charge in [-0.15, -0.1) is 11.8 Å². The van der Waals surface area contributed by atoms with Gasteiger partial charge in [0.2, 0.25) is 0 Å². The van der Waals surface area contributed by atoms with Crippen LogP contribution in [0.2, 0.25) is 0 Å². The monoisotopic (exact) mass is 350 g/mol. The fraction of sp³-hybridized carbons (Fsp3) is 0.188. The van der Waals surface area contributed by atoms with Crippen LogP contribution in [0, 0.1) is 0 Å². The lowest BCUT2D eigenvalue weighted by Crippen LogP contribution is -2.09. The minimum Gasteiger partial charge on any atom is -0.369 e. The molecular formula is C16H15BrO2S. The Balaban J connectivity index is 1.87. The molecule has 0 amide bonds. The predicted octanol–water partition coefficient (Wildman–Crippen LogP) is 4.57. The van der Waals surface area contributed by atoms with Crippen molar-refractivity contribution in [1.29, 1.82) is 0 Å². The molecule has 0 spiro atoms. The molecular weight excluding hydrogens is 336 g/mol. The fourth-order valence-corrected chi connectivity index (χ4v) is 2.54. The number of benzene rings is 2. The van der Waals surface area contributed by atoms with E-state index < -0.39 is 0 Å². The number of hydrogen-bond donors (Lipinski definition) is 0. The Morgan fingerprint density at radius 2 is 1.85 bits per heavy atom. The zero-order valence-electron chi connectivity index (χ0n) is 11.1. The lowest BCUT2D eigenvalue weighted by atomic mass is 10.1. The summed E-state index contributed by atoms with van der Waals surface area (Å²) in [7, 11) is 0. The van der Waals surface area contributed by atoms with Crippen LogP contribution in [0.4, 0.5) is 0 Å². The molecule has 0 atom stereocenters. The molecule has 0 aliphatic rings. The maximum absolute atomic E-state index is 12.0. The Labute approximate surface area is 131 Å². The lowest BCUT2D eigenvalue weighted by Gasteiger charge is -2.06. The van der Waals surface area contributed by atoms with E-state index in [1.165, 1.54) is 0 Å². The molecule has 2 aromatic carbocycles. The van der Waals surface area contributed by atoms with E-state index in [-0.39, 0.29) is 12.4 Å². The molecule has 20 heavy (non-hydrogen) atoms. The van der Waals surface area contributed by atoms with Gasteiger partial charge in [0.25, 0.3) is 0 Å². The van der Waals surface area contributed by atoms with Crippen molar-refractivity contribution in [2.24, 2.45) is 0 Å². The van der Waals surface area contributed by atoms with Crippen LogP contribution in [-0.2, 0) is 11.3 Å². The summed E-state index contributed by atoms with van der Waals surface area (Å²) in [5.41, 5.74) is 1.73. The normalized spacial score (nSPS) is 10.5. The molecule has 0 bridgehead atoms. The molecule has 2 aromatic rings. The zero-order chi connectivity index (χ0) is 14.4. The van der Waals surface area contributed by atoms with E-state index in [1.807, 2.05) is 54.8 Å². The number of Topliss-reactive ketones (excluding diaryl/α,β-unsaturated/α-hetero) is 1. The highest BCUT2D eigenvalue weighted by molar-refractivity contribution is 9.10. The molecule has 4 heteroatoms. The summed E-state index contributed by atoms with van der Waals surface area (Å²) in [5.74, 6) is 0.00436. The Bertz CT molecular complexity index is 581. The van der Waals surface area contributed by atoms with Crippen LogP contribution in [0.3, 0.4) is 0 Å². The number of carbonyl (C=O) groups excluding carboxylic acids is 1. The summed E-state index contributed by atoms with van der Waals surface area (Å²) in [6, 6.07) is 15.4. The molecule has 0 aliphatic carbocycles. The van der Waals surface area contributed by atoms with E-state index in [2.05, 4.69) is 15.9 Å². The first kappa shape index (κ1) is 15.3. The molecule has 0 aliphatic heterocycles. The van der Waals surface area contributed by atoms with Crippen molar-refractivity contribution in [3.05, 3.63) is 64.1 Å². The Hall–Kier alpha value is -1.10. The molecule has 0 fully saturated rings. The third-order valence-electron chi connectivity index (χ3n) is 2.86. The summed E-state index contributed by atoms with van der Waals surface area (Å²) in [5, 5.41) is 0. The maximum atomic E-state index is 12.0. The average molecular weight is 351 g/mol. The van der Waals surface area contributed by atoms with Gasteiger partial charge in [-0.3, -0.25) is 4.79 Å². The highest BCUT2D eigenvalue weighted by atomic mass is 79.9. The van der Waals surface area contributed by atoms with Gasteiger partial charge in [0.05, 0.1) is 6.61 Å². The summed E-state index contributed by atoms with van der Waals surface area (Å²) >= 11 is 5.12. The molecule has 0 saturated carbocycles. The van der Waals surface area contributed by atoms with Gasteiger partial charge in [0.1, 0.15) is 6.61 Å². The van der Waals surface area contributed by atoms with Gasteiger partial charge < -0.3 is 4.74 Å². The van der Waals surface area contributed by atoms with Crippen LogP contribution in [0.5, 0.6) is 0 Å². The van der Waals surface area contributed by atoms with Crippen LogP contribution in [-0.4, -0.2) is 18.6 Å². The first-order valence-electron chi connectivity index (χ1n) is 6.19. The number of carbonyl (C=O) groups is 1. The molecule has 2 nitrogen and oxygen atoms in total. The van der Waals surface area contributed by atoms with Gasteiger partial charge in [0, 0.05) is 14.9 Å². The lowest BCUT2D eigenvalue weighted by molar-refractivity contribution is 0.0725. The van der Waals surface area contributed by atoms with E-state index >= 15 is 0 Å². The van der Waals surface area contributed by atoms with Crippen molar-refractivity contribution in [2.75, 3.05) is 12.9 Å². The number of thioether (sulfide) groups is 1. The third-order valence-corrected chi connectivity index (χ3v) is 4.38. The van der Waals surface area contributed by atoms with Crippen LogP contribution in [0.25, 0.3) is 0 Å². The first-order valence-corrected chi connectivity index (χ1v) is 8.21. The van der Waals surface area contributed by atoms with Crippen LogP contribution in [0.15, 0.2) is 57.9 Å². The van der Waals surface area contributed by atoms with Gasteiger partial charge in [-0.1, -0.05) is 46.3 Å². The number of hydrogen-bond acceptors (Lipinski definition) is 3. The van der Waals surface area contributed by atoms with Crippen molar-refractivity contribution < 1.29 is 9.53 Å². The maximum Gasteiger partial charge on any atom is 0.188 e. The summed E-state index contributed by atoms with van der Waals surface area (Å²) in [6.45, 7) is 0.524. The van der Waals surface area contributed by atoms with Gasteiger partial charge in [-0.05, 0) is 30.0 Å². The van der Waals surface area contributed by atoms with Crippen molar-refractivity contribution in [1.82, 2.24) is 0 Å². The van der Waals surface area contributed by atoms with E-state index in [0.29, 0.717) is 12.2 Å². The molecule has 0 heterocycles. The summed E-state index contributed by atoms with van der Waals surface area (Å²) < 4.78 is 6.49. The van der Waals surface area contributed by atoms with Crippen LogP contribution >= 0.6 is 27.7 Å². The standard InChI is InChI=1S/C16H15BrO2S/c1-20-14-8-6-12(7-9-14)16(18)11-19-10-13-4-2-3-5-15(13)17/h2-9H,10-11H2,1H3. The second-order valence-corrected chi connectivity index (χ2v) is 5.97. The molecule has 0 N–H and O–H groups in total. The van der Waals surface area contributed by atoms with Crippen molar-refractivity contribution in [3.63, 3.8) is 0 Å². The fourth-order valence-electron chi connectivity index (χ4n) is 1.73. The Morgan fingerprint density at radius 3 is 2.50 bits per heavy atom. The van der Waals surface area contributed by atoms with Gasteiger partial charge in [0.15, 0.2) is 5.78 Å². The molecule has 0 saturated heterocycles. The smallest absolute Gasteiger partial charge is 0.188 e. The Morgan fingerprint density at radius 1 is 1.15 bits per heavy atom. The molecule has 104 valence electrons.